The average molecular weight is 474 g/mol. The Bertz CT molecular complexity index is 612. The predicted molar refractivity (Wildman–Crippen MR) is 126 cm³/mol. The van der Waals surface area contributed by atoms with Crippen molar-refractivity contribution in [2.24, 2.45) is 5.73 Å². The van der Waals surface area contributed by atoms with Crippen LogP contribution in [0.25, 0.3) is 0 Å². The molecule has 0 fully saturated rings. The van der Waals surface area contributed by atoms with Crippen molar-refractivity contribution in [3.63, 3.8) is 0 Å². The molecule has 0 bridgehead atoms. The van der Waals surface area contributed by atoms with Crippen molar-refractivity contribution >= 4 is 23.9 Å². The Balaban J connectivity index is 4.13. The van der Waals surface area contributed by atoms with Gasteiger partial charge in [0.25, 0.3) is 0 Å². The van der Waals surface area contributed by atoms with E-state index in [1.165, 1.54) is 0 Å². The van der Waals surface area contributed by atoms with E-state index in [2.05, 4.69) is 21.3 Å². The van der Waals surface area contributed by atoms with E-state index >= 15 is 0 Å². The van der Waals surface area contributed by atoms with E-state index in [1.54, 1.807) is 27.7 Å². The predicted octanol–water partition coefficient (Wildman–Crippen LogP) is -1.12. The third-order valence-electron chi connectivity index (χ3n) is 4.96. The molecule has 0 radical (unpaired) electrons. The summed E-state index contributed by atoms with van der Waals surface area (Å²) >= 11 is 0. The maximum absolute atomic E-state index is 12.4. The molecule has 0 aromatic heterocycles. The number of carbonyl (C=O) groups is 4. The van der Waals surface area contributed by atoms with Crippen LogP contribution in [0, 0.1) is 0 Å². The third-order valence-corrected chi connectivity index (χ3v) is 4.96. The second kappa shape index (κ2) is 16.7. The summed E-state index contributed by atoms with van der Waals surface area (Å²) in [5, 5.41) is 11.6. The fourth-order valence-corrected chi connectivity index (χ4v) is 2.63. The normalized spacial score (nSPS) is 12.9. The van der Waals surface area contributed by atoms with Gasteiger partial charge in [-0.05, 0) is 60.5 Å². The number of rotatable bonds is 21. The molecule has 11 heteroatoms. The Morgan fingerprint density at radius 1 is 0.970 bits per heavy atom. The molecule has 1 atom stereocenters. The van der Waals surface area contributed by atoms with Gasteiger partial charge in [-0.3, -0.25) is 19.7 Å². The van der Waals surface area contributed by atoms with Gasteiger partial charge in [-0.2, -0.15) is 0 Å². The van der Waals surface area contributed by atoms with Crippen molar-refractivity contribution in [3.05, 3.63) is 0 Å². The van der Waals surface area contributed by atoms with Crippen LogP contribution in [0.1, 0.15) is 47.0 Å². The van der Waals surface area contributed by atoms with E-state index in [9.17, 15) is 19.2 Å². The number of nitrogens with one attached hydrogen (secondary N) is 4. The molecule has 33 heavy (non-hydrogen) atoms. The highest BCUT2D eigenvalue weighted by Crippen LogP contribution is 2.05. The van der Waals surface area contributed by atoms with Crippen LogP contribution in [-0.2, 0) is 28.7 Å². The van der Waals surface area contributed by atoms with Crippen molar-refractivity contribution < 1.29 is 28.7 Å². The summed E-state index contributed by atoms with van der Waals surface area (Å²) in [7, 11) is 1.85. The Labute approximate surface area is 197 Å². The van der Waals surface area contributed by atoms with Crippen LogP contribution in [0.4, 0.5) is 0 Å². The zero-order chi connectivity index (χ0) is 25.3. The smallest absolute Gasteiger partial charge is 0.240 e. The van der Waals surface area contributed by atoms with Gasteiger partial charge < -0.3 is 36.0 Å². The van der Waals surface area contributed by atoms with Crippen LogP contribution in [-0.4, -0.2) is 94.1 Å². The number of amides is 2. The minimum Gasteiger partial charge on any atom is -0.378 e. The highest BCUT2D eigenvalue weighted by molar-refractivity contribution is 5.90. The third kappa shape index (κ3) is 15.5. The van der Waals surface area contributed by atoms with Gasteiger partial charge in [-0.15, -0.1) is 0 Å². The van der Waals surface area contributed by atoms with E-state index in [-0.39, 0.29) is 25.5 Å². The van der Waals surface area contributed by atoms with Crippen molar-refractivity contribution in [1.29, 1.82) is 0 Å². The Kier molecular flexibility index (Phi) is 15.7. The second-order valence-corrected chi connectivity index (χ2v) is 8.95. The zero-order valence-electron chi connectivity index (χ0n) is 20.8. The summed E-state index contributed by atoms with van der Waals surface area (Å²) in [6.07, 6.45) is 2.92. The summed E-state index contributed by atoms with van der Waals surface area (Å²) in [5.74, 6) is -1.21. The number of primary amides is 1. The number of ether oxygens (including phenoxy) is 2. The van der Waals surface area contributed by atoms with Crippen LogP contribution in [0.2, 0.25) is 0 Å². The Morgan fingerprint density at radius 3 is 2.24 bits per heavy atom. The fraction of sp³-hybridized carbons (Fsp3) is 0.818. The lowest BCUT2D eigenvalue weighted by atomic mass is 9.99. The molecule has 2 amide bonds. The van der Waals surface area contributed by atoms with E-state index in [0.29, 0.717) is 26.2 Å². The summed E-state index contributed by atoms with van der Waals surface area (Å²) in [5.41, 5.74) is 3.80. The molecule has 0 spiro atoms. The van der Waals surface area contributed by atoms with Crippen molar-refractivity contribution in [2.45, 2.75) is 64.1 Å². The molecule has 192 valence electrons. The Hall–Kier alpha value is -1.92. The van der Waals surface area contributed by atoms with Crippen LogP contribution >= 0.6 is 0 Å². The molecule has 1 unspecified atom stereocenters. The van der Waals surface area contributed by atoms with Crippen LogP contribution < -0.4 is 27.0 Å². The van der Waals surface area contributed by atoms with E-state index in [1.807, 2.05) is 7.05 Å². The first-order valence-electron chi connectivity index (χ1n) is 11.3. The molecule has 0 saturated carbocycles. The lowest BCUT2D eigenvalue weighted by Crippen LogP contribution is -2.54. The van der Waals surface area contributed by atoms with Gasteiger partial charge in [0.2, 0.25) is 11.8 Å². The van der Waals surface area contributed by atoms with Crippen LogP contribution in [0.3, 0.4) is 0 Å². The van der Waals surface area contributed by atoms with E-state index < -0.39 is 28.9 Å². The standard InChI is InChI=1S/C22H43N5O6/c1-21(2,16-28)25-10-11-32-12-13-33-15-18(29)22(3,4)26-14-19(30)27-17(20(23)31)8-6-7-9-24-5/h16-17,24-26H,6-15H2,1-5H3,(H2,23,31)(H,27,30). The molecule has 0 aromatic rings. The Morgan fingerprint density at radius 2 is 1.64 bits per heavy atom. The summed E-state index contributed by atoms with van der Waals surface area (Å²) < 4.78 is 10.8. The summed E-state index contributed by atoms with van der Waals surface area (Å²) in [6.45, 7) is 8.93. The number of nitrogens with two attached hydrogens (primary N) is 1. The number of ketones is 1. The van der Waals surface area contributed by atoms with E-state index in [0.717, 1.165) is 25.7 Å². The lowest BCUT2D eigenvalue weighted by Gasteiger charge is -2.25. The first-order chi connectivity index (χ1) is 15.4. The first-order valence-corrected chi connectivity index (χ1v) is 11.3. The number of Topliss-reactive ketones (excluding diaryl/α,β-unsaturated/α-hetero) is 1. The van der Waals surface area contributed by atoms with Gasteiger partial charge in [0, 0.05) is 6.54 Å². The molecule has 0 rings (SSSR count). The second-order valence-electron chi connectivity index (χ2n) is 8.95. The molecule has 11 nitrogen and oxygen atoms in total. The lowest BCUT2D eigenvalue weighted by molar-refractivity contribution is -0.130. The van der Waals surface area contributed by atoms with Crippen LogP contribution in [0.5, 0.6) is 0 Å². The topological polar surface area (TPSA) is 161 Å². The molecule has 0 aliphatic heterocycles. The van der Waals surface area contributed by atoms with Gasteiger partial charge in [0.15, 0.2) is 5.78 Å². The first kappa shape index (κ1) is 31.1. The van der Waals surface area contributed by atoms with E-state index in [4.69, 9.17) is 15.2 Å². The number of hydrogen-bond donors (Lipinski definition) is 5. The number of aldehydes is 1. The van der Waals surface area contributed by atoms with Crippen molar-refractivity contribution in [1.82, 2.24) is 21.3 Å². The van der Waals surface area contributed by atoms with Gasteiger partial charge >= 0.3 is 0 Å². The highest BCUT2D eigenvalue weighted by Gasteiger charge is 2.28. The monoisotopic (exact) mass is 473 g/mol. The molecular formula is C22H43N5O6. The summed E-state index contributed by atoms with van der Waals surface area (Å²) in [6, 6.07) is -0.738. The molecule has 0 aliphatic rings. The minimum absolute atomic E-state index is 0.128. The molecule has 6 N–H and O–H groups in total. The molecule has 0 aromatic carbocycles. The maximum Gasteiger partial charge on any atom is 0.240 e. The number of unbranched alkanes of at least 4 members (excludes halogenated alkanes) is 1. The fourth-order valence-electron chi connectivity index (χ4n) is 2.63. The van der Waals surface area contributed by atoms with Crippen molar-refractivity contribution in [2.75, 3.05) is 53.1 Å². The number of hydrogen-bond acceptors (Lipinski definition) is 9. The average Bonchev–Trinajstić information content (AvgIpc) is 2.75. The minimum atomic E-state index is -0.989. The molecule has 0 saturated heterocycles. The van der Waals surface area contributed by atoms with Gasteiger partial charge in [0.1, 0.15) is 18.9 Å². The van der Waals surface area contributed by atoms with Gasteiger partial charge in [-0.1, -0.05) is 0 Å². The van der Waals surface area contributed by atoms with Gasteiger partial charge in [-0.25, -0.2) is 0 Å². The van der Waals surface area contributed by atoms with Gasteiger partial charge in [0.05, 0.1) is 37.4 Å². The van der Waals surface area contributed by atoms with Crippen molar-refractivity contribution in [3.8, 4) is 0 Å². The number of carbonyl (C=O) groups excluding carboxylic acids is 4. The quantitative estimate of drug-likeness (QED) is 0.103. The highest BCUT2D eigenvalue weighted by atomic mass is 16.5. The maximum atomic E-state index is 12.4. The largest absolute Gasteiger partial charge is 0.378 e. The molecular weight excluding hydrogens is 430 g/mol. The molecule has 0 heterocycles. The van der Waals surface area contributed by atoms with Crippen LogP contribution in [0.15, 0.2) is 0 Å². The SMILES string of the molecule is CNCCCCC(NC(=O)CNC(C)(C)C(=O)COCCOCCNC(C)(C)C=O)C(N)=O. The summed E-state index contributed by atoms with van der Waals surface area (Å²) in [4.78, 5) is 47.0. The molecule has 0 aliphatic carbocycles. The zero-order valence-corrected chi connectivity index (χ0v) is 20.8.